The molecule has 0 atom stereocenters. The van der Waals surface area contributed by atoms with E-state index in [2.05, 4.69) is 25.6 Å². The molecule has 4 rings (SSSR count). The van der Waals surface area contributed by atoms with Crippen molar-refractivity contribution in [2.75, 3.05) is 17.6 Å². The number of amides is 1. The average Bonchev–Trinajstić information content (AvgIpc) is 3.03. The van der Waals surface area contributed by atoms with Gasteiger partial charge in [0.25, 0.3) is 0 Å². The van der Waals surface area contributed by atoms with E-state index in [9.17, 15) is 4.79 Å². The van der Waals surface area contributed by atoms with Gasteiger partial charge < -0.3 is 15.1 Å². The summed E-state index contributed by atoms with van der Waals surface area (Å²) in [6, 6.07) is 8.96. The van der Waals surface area contributed by atoms with Crippen LogP contribution in [0.15, 0.2) is 47.1 Å². The number of carbonyl (C=O) groups is 1. The van der Waals surface area contributed by atoms with Crippen molar-refractivity contribution in [1.82, 2.24) is 15.0 Å². The van der Waals surface area contributed by atoms with Crippen LogP contribution in [0.2, 0.25) is 0 Å². The standard InChI is InChI=1S/C18H15N5O2/c1-10(24)22-16-7-11-12(8-20-16)17(19-2)21-9-13(11)18-23-14-5-3-4-6-15(14)25-18/h3-9H,1-2H3,(H,19,21)(H,20,22,24)/i2D3. The SMILES string of the molecule is [2H]C([2H])([2H])Nc1ncc(-c2nc3ccccc3o2)c2cc(NC(C)=O)ncc12. The maximum absolute atomic E-state index is 11.4. The van der Waals surface area contributed by atoms with Gasteiger partial charge >= 0.3 is 0 Å². The Bertz CT molecular complexity index is 1170. The Balaban J connectivity index is 1.93. The van der Waals surface area contributed by atoms with Crippen LogP contribution in [0.25, 0.3) is 33.3 Å². The number of nitrogens with zero attached hydrogens (tertiary/aromatic N) is 3. The fourth-order valence-corrected chi connectivity index (χ4v) is 2.64. The minimum Gasteiger partial charge on any atom is -0.436 e. The lowest BCUT2D eigenvalue weighted by Gasteiger charge is -2.09. The molecule has 2 N–H and O–H groups in total. The van der Waals surface area contributed by atoms with Crippen molar-refractivity contribution in [2.45, 2.75) is 6.92 Å². The van der Waals surface area contributed by atoms with Crippen LogP contribution in [0.5, 0.6) is 0 Å². The van der Waals surface area contributed by atoms with Crippen molar-refractivity contribution >= 4 is 39.4 Å². The van der Waals surface area contributed by atoms with Gasteiger partial charge in [0.2, 0.25) is 11.8 Å². The van der Waals surface area contributed by atoms with E-state index in [0.29, 0.717) is 39.1 Å². The number of hydrogen-bond donors (Lipinski definition) is 2. The average molecular weight is 336 g/mol. The van der Waals surface area contributed by atoms with E-state index in [1.165, 1.54) is 19.3 Å². The molecule has 0 bridgehead atoms. The highest BCUT2D eigenvalue weighted by Crippen LogP contribution is 2.33. The molecular weight excluding hydrogens is 318 g/mol. The lowest BCUT2D eigenvalue weighted by atomic mass is 10.1. The van der Waals surface area contributed by atoms with Gasteiger partial charge in [0.15, 0.2) is 5.58 Å². The van der Waals surface area contributed by atoms with Crippen molar-refractivity contribution in [3.05, 3.63) is 42.7 Å². The number of nitrogens with one attached hydrogen (secondary N) is 2. The van der Waals surface area contributed by atoms with E-state index in [1.54, 1.807) is 12.1 Å². The molecule has 0 spiro atoms. The van der Waals surface area contributed by atoms with Crippen LogP contribution in [0, 0.1) is 0 Å². The molecular formula is C18H15N5O2. The number of para-hydroxylation sites is 2. The number of benzene rings is 1. The normalized spacial score (nSPS) is 13.2. The summed E-state index contributed by atoms with van der Waals surface area (Å²) in [5.74, 6) is 0.532. The minimum absolute atomic E-state index is 0.150. The fourth-order valence-electron chi connectivity index (χ4n) is 2.64. The molecule has 3 aromatic heterocycles. The molecule has 1 aromatic carbocycles. The Morgan fingerprint density at radius 1 is 1.20 bits per heavy atom. The third-order valence-corrected chi connectivity index (χ3v) is 3.72. The van der Waals surface area contributed by atoms with Crippen LogP contribution in [0.4, 0.5) is 11.6 Å². The zero-order valence-corrected chi connectivity index (χ0v) is 13.2. The molecule has 0 saturated heterocycles. The first-order valence-corrected chi connectivity index (χ1v) is 7.51. The zero-order valence-electron chi connectivity index (χ0n) is 16.2. The van der Waals surface area contributed by atoms with Crippen LogP contribution in [-0.2, 0) is 4.79 Å². The lowest BCUT2D eigenvalue weighted by Crippen LogP contribution is -2.07. The zero-order chi connectivity index (χ0) is 19.9. The predicted octanol–water partition coefficient (Wildman–Crippen LogP) is 3.44. The molecule has 0 saturated carbocycles. The van der Waals surface area contributed by atoms with Gasteiger partial charge in [-0.15, -0.1) is 0 Å². The van der Waals surface area contributed by atoms with Gasteiger partial charge in [-0.05, 0) is 18.2 Å². The van der Waals surface area contributed by atoms with Crippen LogP contribution in [-0.4, -0.2) is 27.8 Å². The second-order valence-corrected chi connectivity index (χ2v) is 5.43. The summed E-state index contributed by atoms with van der Waals surface area (Å²) in [6.07, 6.45) is 2.94. The summed E-state index contributed by atoms with van der Waals surface area (Å²) in [7, 11) is 0. The van der Waals surface area contributed by atoms with E-state index in [4.69, 9.17) is 8.53 Å². The lowest BCUT2D eigenvalue weighted by molar-refractivity contribution is -0.114. The van der Waals surface area contributed by atoms with Crippen molar-refractivity contribution in [1.29, 1.82) is 0 Å². The van der Waals surface area contributed by atoms with Crippen molar-refractivity contribution < 1.29 is 13.3 Å². The first-order chi connectivity index (χ1) is 13.3. The van der Waals surface area contributed by atoms with E-state index in [-0.39, 0.29) is 11.7 Å². The molecule has 25 heavy (non-hydrogen) atoms. The Kier molecular flexibility index (Phi) is 2.81. The van der Waals surface area contributed by atoms with Gasteiger partial charge in [-0.1, -0.05) is 12.1 Å². The number of rotatable bonds is 3. The Morgan fingerprint density at radius 3 is 2.88 bits per heavy atom. The van der Waals surface area contributed by atoms with E-state index in [0.717, 1.165) is 0 Å². The molecule has 0 radical (unpaired) electrons. The van der Waals surface area contributed by atoms with Crippen molar-refractivity contribution in [3.8, 4) is 11.5 Å². The van der Waals surface area contributed by atoms with Crippen molar-refractivity contribution in [3.63, 3.8) is 0 Å². The third kappa shape index (κ3) is 2.65. The van der Waals surface area contributed by atoms with Crippen molar-refractivity contribution in [2.24, 2.45) is 0 Å². The number of hydrogen-bond acceptors (Lipinski definition) is 6. The second kappa shape index (κ2) is 5.86. The number of oxazole rings is 1. The summed E-state index contributed by atoms with van der Waals surface area (Å²) >= 11 is 0. The van der Waals surface area contributed by atoms with Gasteiger partial charge in [0, 0.05) is 41.2 Å². The van der Waals surface area contributed by atoms with Crippen LogP contribution >= 0.6 is 0 Å². The van der Waals surface area contributed by atoms with Gasteiger partial charge in [-0.2, -0.15) is 0 Å². The molecule has 0 aliphatic carbocycles. The Hall–Kier alpha value is -3.48. The quantitative estimate of drug-likeness (QED) is 0.595. The van der Waals surface area contributed by atoms with E-state index < -0.39 is 6.98 Å². The highest BCUT2D eigenvalue weighted by molar-refractivity contribution is 6.02. The monoisotopic (exact) mass is 336 g/mol. The molecule has 124 valence electrons. The Morgan fingerprint density at radius 2 is 2.08 bits per heavy atom. The number of carbonyl (C=O) groups excluding carboxylic acids is 1. The first-order valence-electron chi connectivity index (χ1n) is 9.01. The Labute approximate surface area is 147 Å². The first kappa shape index (κ1) is 12.0. The fraction of sp³-hybridized carbons (Fsp3) is 0.111. The third-order valence-electron chi connectivity index (χ3n) is 3.72. The van der Waals surface area contributed by atoms with E-state index >= 15 is 0 Å². The number of anilines is 2. The molecule has 0 unspecified atom stereocenters. The minimum atomic E-state index is -2.42. The topological polar surface area (TPSA) is 92.9 Å². The molecule has 0 aliphatic heterocycles. The molecule has 0 fully saturated rings. The highest BCUT2D eigenvalue weighted by atomic mass is 16.3. The molecule has 4 aromatic rings. The maximum atomic E-state index is 11.4. The summed E-state index contributed by atoms with van der Waals surface area (Å²) < 4.78 is 28.2. The van der Waals surface area contributed by atoms with Gasteiger partial charge in [0.05, 0.1) is 5.56 Å². The number of aromatic nitrogens is 3. The summed E-state index contributed by atoms with van der Waals surface area (Å²) in [6.45, 7) is -1.04. The maximum Gasteiger partial charge on any atom is 0.229 e. The molecule has 7 nitrogen and oxygen atoms in total. The molecule has 3 heterocycles. The summed E-state index contributed by atoms with van der Waals surface area (Å²) in [5, 5.41) is 6.07. The summed E-state index contributed by atoms with van der Waals surface area (Å²) in [4.78, 5) is 24.3. The number of pyridine rings is 2. The molecule has 7 heteroatoms. The predicted molar refractivity (Wildman–Crippen MR) is 96.4 cm³/mol. The summed E-state index contributed by atoms with van der Waals surface area (Å²) in [5.41, 5.74) is 1.86. The van der Waals surface area contributed by atoms with Gasteiger partial charge in [-0.25, -0.2) is 15.0 Å². The number of fused-ring (bicyclic) bond motifs is 2. The van der Waals surface area contributed by atoms with Gasteiger partial charge in [-0.3, -0.25) is 4.79 Å². The van der Waals surface area contributed by atoms with E-state index in [1.807, 2.05) is 18.2 Å². The van der Waals surface area contributed by atoms with Crippen LogP contribution in [0.3, 0.4) is 0 Å². The highest BCUT2D eigenvalue weighted by Gasteiger charge is 2.15. The smallest absolute Gasteiger partial charge is 0.229 e. The van der Waals surface area contributed by atoms with Crippen LogP contribution in [0.1, 0.15) is 11.0 Å². The van der Waals surface area contributed by atoms with Crippen LogP contribution < -0.4 is 10.6 Å². The second-order valence-electron chi connectivity index (χ2n) is 5.43. The van der Waals surface area contributed by atoms with Gasteiger partial charge in [0.1, 0.15) is 17.2 Å². The largest absolute Gasteiger partial charge is 0.436 e. The molecule has 1 amide bonds. The molecule has 0 aliphatic rings.